The fourth-order valence-corrected chi connectivity index (χ4v) is 1.48. The van der Waals surface area contributed by atoms with Gasteiger partial charge in [-0.1, -0.05) is 6.07 Å². The molecule has 0 radical (unpaired) electrons. The van der Waals surface area contributed by atoms with Gasteiger partial charge in [-0.05, 0) is 38.2 Å². The number of nitrogens with zero attached hydrogens (tertiary/aromatic N) is 1. The fourth-order valence-electron chi connectivity index (χ4n) is 1.24. The summed E-state index contributed by atoms with van der Waals surface area (Å²) in [6.07, 6.45) is 0. The lowest BCUT2D eigenvalue weighted by atomic mass is 10.1. The summed E-state index contributed by atoms with van der Waals surface area (Å²) in [5, 5.41) is 9.61. The van der Waals surface area contributed by atoms with E-state index in [0.29, 0.717) is 10.6 Å². The van der Waals surface area contributed by atoms with Gasteiger partial charge < -0.3 is 10.0 Å². The molecule has 13 heavy (non-hydrogen) atoms. The van der Waals surface area contributed by atoms with Crippen molar-refractivity contribution in [1.29, 1.82) is 0 Å². The van der Waals surface area contributed by atoms with Crippen LogP contribution in [0, 0.1) is 6.92 Å². The van der Waals surface area contributed by atoms with Crippen LogP contribution in [0.1, 0.15) is 11.1 Å². The Morgan fingerprint density at radius 1 is 1.38 bits per heavy atom. The molecule has 0 aromatic heterocycles. The lowest BCUT2D eigenvalue weighted by Crippen LogP contribution is -2.11. The molecular weight excluding hydrogens is 182 g/mol. The third kappa shape index (κ3) is 2.39. The smallest absolute Gasteiger partial charge is 0.132 e. The number of benzene rings is 1. The lowest BCUT2D eigenvalue weighted by Gasteiger charge is -2.13. The monoisotopic (exact) mass is 197 g/mol. The summed E-state index contributed by atoms with van der Waals surface area (Å²) in [4.78, 5) is 2.71. The van der Waals surface area contributed by atoms with Crippen molar-refractivity contribution >= 4 is 12.6 Å². The zero-order valence-electron chi connectivity index (χ0n) is 8.20. The lowest BCUT2D eigenvalue weighted by molar-refractivity contribution is 0.397. The first kappa shape index (κ1) is 10.4. The van der Waals surface area contributed by atoms with E-state index in [9.17, 15) is 5.11 Å². The zero-order valence-corrected chi connectivity index (χ0v) is 9.10. The first-order valence-electron chi connectivity index (χ1n) is 4.17. The first-order valence-corrected chi connectivity index (χ1v) is 4.62. The predicted molar refractivity (Wildman–Crippen MR) is 57.5 cm³/mol. The fraction of sp³-hybridized carbons (Fsp3) is 0.400. The van der Waals surface area contributed by atoms with Crippen molar-refractivity contribution < 1.29 is 5.11 Å². The molecule has 0 aliphatic carbocycles. The third-order valence-electron chi connectivity index (χ3n) is 2.01. The van der Waals surface area contributed by atoms with Gasteiger partial charge >= 0.3 is 0 Å². The Bertz CT molecular complexity index is 310. The van der Waals surface area contributed by atoms with Crippen LogP contribution in [-0.2, 0) is 6.54 Å². The van der Waals surface area contributed by atoms with E-state index in [1.807, 2.05) is 33.2 Å². The summed E-state index contributed by atoms with van der Waals surface area (Å²) in [6.45, 7) is 2.75. The Labute approximate surface area is 84.6 Å². The largest absolute Gasteiger partial charge is 0.507 e. The molecule has 0 saturated carbocycles. The van der Waals surface area contributed by atoms with Crippen LogP contribution < -0.4 is 0 Å². The van der Waals surface area contributed by atoms with Gasteiger partial charge in [-0.3, -0.25) is 0 Å². The van der Waals surface area contributed by atoms with Crippen LogP contribution in [0.3, 0.4) is 0 Å². The predicted octanol–water partition coefficient (Wildman–Crippen LogP) is 2.05. The molecule has 0 atom stereocenters. The van der Waals surface area contributed by atoms with E-state index in [0.717, 1.165) is 17.7 Å². The number of hydrogen-bond acceptors (Lipinski definition) is 3. The molecule has 0 spiro atoms. The summed E-state index contributed by atoms with van der Waals surface area (Å²) in [5.74, 6) is 0.294. The van der Waals surface area contributed by atoms with Crippen molar-refractivity contribution in [1.82, 2.24) is 4.90 Å². The molecule has 72 valence electrons. The molecule has 0 aliphatic heterocycles. The summed E-state index contributed by atoms with van der Waals surface area (Å²) in [5.41, 5.74) is 2.06. The highest BCUT2D eigenvalue weighted by atomic mass is 32.1. The Balaban J connectivity index is 3.04. The minimum atomic E-state index is 0.294. The highest BCUT2D eigenvalue weighted by molar-refractivity contribution is 7.80. The maximum Gasteiger partial charge on any atom is 0.132 e. The van der Waals surface area contributed by atoms with Crippen molar-refractivity contribution in [3.8, 4) is 5.75 Å². The minimum Gasteiger partial charge on any atom is -0.507 e. The van der Waals surface area contributed by atoms with E-state index in [1.165, 1.54) is 0 Å². The van der Waals surface area contributed by atoms with E-state index in [-0.39, 0.29) is 0 Å². The molecule has 2 nitrogen and oxygen atoms in total. The van der Waals surface area contributed by atoms with Crippen molar-refractivity contribution in [3.63, 3.8) is 0 Å². The van der Waals surface area contributed by atoms with Crippen molar-refractivity contribution in [2.45, 2.75) is 18.4 Å². The molecular formula is C10H15NOS. The molecule has 0 unspecified atom stereocenters. The molecule has 1 rings (SSSR count). The quantitative estimate of drug-likeness (QED) is 0.709. The van der Waals surface area contributed by atoms with E-state index in [4.69, 9.17) is 0 Å². The molecule has 0 saturated heterocycles. The second-order valence-electron chi connectivity index (χ2n) is 3.46. The van der Waals surface area contributed by atoms with E-state index >= 15 is 0 Å². The molecule has 0 bridgehead atoms. The maximum atomic E-state index is 9.61. The molecule has 0 aliphatic rings. The molecule has 0 heterocycles. The van der Waals surface area contributed by atoms with Crippen LogP contribution in [-0.4, -0.2) is 24.1 Å². The number of phenolic OH excluding ortho intramolecular Hbond substituents is 1. The van der Waals surface area contributed by atoms with Gasteiger partial charge in [-0.15, -0.1) is 12.6 Å². The van der Waals surface area contributed by atoms with Crippen LogP contribution in [0.15, 0.2) is 17.0 Å². The average molecular weight is 197 g/mol. The second-order valence-corrected chi connectivity index (χ2v) is 3.94. The van der Waals surface area contributed by atoms with E-state index in [1.54, 1.807) is 0 Å². The number of rotatable bonds is 2. The van der Waals surface area contributed by atoms with Gasteiger partial charge in [-0.2, -0.15) is 0 Å². The van der Waals surface area contributed by atoms with Crippen LogP contribution in [0.2, 0.25) is 0 Å². The summed E-state index contributed by atoms with van der Waals surface area (Å²) >= 11 is 4.14. The molecule has 1 N–H and O–H groups in total. The number of thiol groups is 1. The van der Waals surface area contributed by atoms with Crippen molar-refractivity contribution in [3.05, 3.63) is 23.3 Å². The van der Waals surface area contributed by atoms with Gasteiger partial charge in [0.05, 0.1) is 0 Å². The van der Waals surface area contributed by atoms with Crippen LogP contribution in [0.5, 0.6) is 5.75 Å². The number of hydrogen-bond donors (Lipinski definition) is 2. The molecule has 1 aromatic rings. The second kappa shape index (κ2) is 4.03. The van der Waals surface area contributed by atoms with Crippen molar-refractivity contribution in [2.75, 3.05) is 14.1 Å². The Hall–Kier alpha value is -0.670. The topological polar surface area (TPSA) is 23.5 Å². The van der Waals surface area contributed by atoms with Gasteiger partial charge in [0.2, 0.25) is 0 Å². The third-order valence-corrected chi connectivity index (χ3v) is 2.37. The summed E-state index contributed by atoms with van der Waals surface area (Å²) < 4.78 is 0. The van der Waals surface area contributed by atoms with Gasteiger partial charge in [-0.25, -0.2) is 0 Å². The van der Waals surface area contributed by atoms with Crippen LogP contribution in [0.4, 0.5) is 0 Å². The number of aromatic hydroxyl groups is 1. The van der Waals surface area contributed by atoms with Gasteiger partial charge in [0, 0.05) is 11.4 Å². The SMILES string of the molecule is Cc1c(CN(C)C)ccc(S)c1O. The Kier molecular flexibility index (Phi) is 3.22. The van der Waals surface area contributed by atoms with E-state index < -0.39 is 0 Å². The molecule has 3 heteroatoms. The van der Waals surface area contributed by atoms with Gasteiger partial charge in [0.15, 0.2) is 0 Å². The normalized spacial score (nSPS) is 10.8. The standard InChI is InChI=1S/C10H15NOS/c1-7-8(6-11(2)3)4-5-9(13)10(7)12/h4-5,12-13H,6H2,1-3H3. The number of phenols is 1. The average Bonchev–Trinajstić information content (AvgIpc) is 2.06. The maximum absolute atomic E-state index is 9.61. The van der Waals surface area contributed by atoms with Crippen LogP contribution >= 0.6 is 12.6 Å². The highest BCUT2D eigenvalue weighted by Gasteiger charge is 2.06. The highest BCUT2D eigenvalue weighted by Crippen LogP contribution is 2.28. The Morgan fingerprint density at radius 3 is 2.54 bits per heavy atom. The zero-order chi connectivity index (χ0) is 10.0. The molecule has 0 fully saturated rings. The van der Waals surface area contributed by atoms with E-state index in [2.05, 4.69) is 17.5 Å². The molecule has 0 amide bonds. The first-order chi connectivity index (χ1) is 6.02. The summed E-state index contributed by atoms with van der Waals surface area (Å²) in [6, 6.07) is 3.82. The molecule has 1 aromatic carbocycles. The minimum absolute atomic E-state index is 0.294. The van der Waals surface area contributed by atoms with Gasteiger partial charge in [0.1, 0.15) is 5.75 Å². The summed E-state index contributed by atoms with van der Waals surface area (Å²) in [7, 11) is 4.01. The Morgan fingerprint density at radius 2 is 2.00 bits per heavy atom. The van der Waals surface area contributed by atoms with Gasteiger partial charge in [0.25, 0.3) is 0 Å². The van der Waals surface area contributed by atoms with Crippen LogP contribution in [0.25, 0.3) is 0 Å². The van der Waals surface area contributed by atoms with Crippen molar-refractivity contribution in [2.24, 2.45) is 0 Å².